The summed E-state index contributed by atoms with van der Waals surface area (Å²) in [6.07, 6.45) is 1.89. The summed E-state index contributed by atoms with van der Waals surface area (Å²) in [6.45, 7) is 8.36. The van der Waals surface area contributed by atoms with E-state index in [4.69, 9.17) is 5.11 Å². The van der Waals surface area contributed by atoms with E-state index in [-0.39, 0.29) is 6.10 Å². The first-order valence-electron chi connectivity index (χ1n) is 3.66. The normalized spacial score (nSPS) is 15.7. The summed E-state index contributed by atoms with van der Waals surface area (Å²) >= 11 is 0. The van der Waals surface area contributed by atoms with Crippen molar-refractivity contribution in [2.45, 2.75) is 46.6 Å². The van der Waals surface area contributed by atoms with Gasteiger partial charge in [-0.15, -0.1) is 0 Å². The summed E-state index contributed by atoms with van der Waals surface area (Å²) in [4.78, 5) is 0. The molecule has 1 unspecified atom stereocenters. The summed E-state index contributed by atoms with van der Waals surface area (Å²) in [5.74, 6) is 0. The highest BCUT2D eigenvalue weighted by Crippen LogP contribution is 2.25. The van der Waals surface area contributed by atoms with Crippen molar-refractivity contribution in [1.82, 2.24) is 0 Å². The second-order valence-electron chi connectivity index (χ2n) is 3.57. The minimum absolute atomic E-state index is 0.153. The Morgan fingerprint density at radius 3 is 2.00 bits per heavy atom. The van der Waals surface area contributed by atoms with Crippen molar-refractivity contribution in [2.75, 3.05) is 0 Å². The Bertz CT molecular complexity index is 74.6. The standard InChI is InChI=1S/C8H18O/c1-5-8(3,4)6-7(2)9/h7,9H,5-6H2,1-4H3. The minimum Gasteiger partial charge on any atom is -0.393 e. The van der Waals surface area contributed by atoms with Crippen LogP contribution in [0.2, 0.25) is 0 Å². The average Bonchev–Trinajstić information content (AvgIpc) is 1.63. The van der Waals surface area contributed by atoms with Crippen molar-refractivity contribution >= 4 is 0 Å². The van der Waals surface area contributed by atoms with Gasteiger partial charge < -0.3 is 5.11 Å². The molecule has 0 spiro atoms. The molecule has 0 heterocycles. The summed E-state index contributed by atoms with van der Waals surface area (Å²) < 4.78 is 0. The highest BCUT2D eigenvalue weighted by Gasteiger charge is 2.16. The van der Waals surface area contributed by atoms with Gasteiger partial charge in [-0.25, -0.2) is 0 Å². The predicted molar refractivity (Wildman–Crippen MR) is 40.4 cm³/mol. The lowest BCUT2D eigenvalue weighted by Gasteiger charge is -2.23. The molecule has 56 valence electrons. The van der Waals surface area contributed by atoms with E-state index in [9.17, 15) is 0 Å². The van der Waals surface area contributed by atoms with Crippen LogP contribution in [0, 0.1) is 5.41 Å². The van der Waals surface area contributed by atoms with Crippen LogP contribution in [0.15, 0.2) is 0 Å². The Balaban J connectivity index is 3.58. The quantitative estimate of drug-likeness (QED) is 0.621. The summed E-state index contributed by atoms with van der Waals surface area (Å²) in [7, 11) is 0. The molecular formula is C8H18O. The third kappa shape index (κ3) is 4.46. The molecule has 0 aromatic rings. The first-order chi connectivity index (χ1) is 3.98. The lowest BCUT2D eigenvalue weighted by atomic mass is 9.85. The van der Waals surface area contributed by atoms with Crippen LogP contribution in [0.4, 0.5) is 0 Å². The highest BCUT2D eigenvalue weighted by atomic mass is 16.3. The molecule has 0 aromatic heterocycles. The van der Waals surface area contributed by atoms with E-state index in [1.165, 1.54) is 0 Å². The molecule has 0 aliphatic heterocycles. The van der Waals surface area contributed by atoms with E-state index in [1.54, 1.807) is 0 Å². The molecule has 0 rings (SSSR count). The van der Waals surface area contributed by atoms with E-state index in [0.717, 1.165) is 12.8 Å². The fourth-order valence-electron chi connectivity index (χ4n) is 0.944. The molecule has 0 saturated heterocycles. The molecule has 0 saturated carbocycles. The molecule has 1 atom stereocenters. The van der Waals surface area contributed by atoms with Gasteiger partial charge in [0, 0.05) is 0 Å². The molecule has 0 amide bonds. The third-order valence-electron chi connectivity index (χ3n) is 1.81. The van der Waals surface area contributed by atoms with Crippen LogP contribution in [-0.2, 0) is 0 Å². The Hall–Kier alpha value is -0.0400. The SMILES string of the molecule is CCC(C)(C)CC(C)O. The van der Waals surface area contributed by atoms with Gasteiger partial charge in [-0.05, 0) is 18.8 Å². The minimum atomic E-state index is -0.153. The molecule has 0 fully saturated rings. The zero-order valence-corrected chi connectivity index (χ0v) is 6.94. The summed E-state index contributed by atoms with van der Waals surface area (Å²) in [6, 6.07) is 0. The van der Waals surface area contributed by atoms with Crippen molar-refractivity contribution in [3.63, 3.8) is 0 Å². The predicted octanol–water partition coefficient (Wildman–Crippen LogP) is 2.19. The van der Waals surface area contributed by atoms with E-state index in [2.05, 4.69) is 20.8 Å². The van der Waals surface area contributed by atoms with Gasteiger partial charge in [-0.3, -0.25) is 0 Å². The maximum atomic E-state index is 9.02. The van der Waals surface area contributed by atoms with Crippen molar-refractivity contribution in [3.05, 3.63) is 0 Å². The van der Waals surface area contributed by atoms with Crippen molar-refractivity contribution in [1.29, 1.82) is 0 Å². The molecule has 1 heteroatoms. The van der Waals surface area contributed by atoms with Gasteiger partial charge in [0.05, 0.1) is 6.10 Å². The van der Waals surface area contributed by atoms with Gasteiger partial charge in [0.2, 0.25) is 0 Å². The molecule has 0 aromatic carbocycles. The lowest BCUT2D eigenvalue weighted by molar-refractivity contribution is 0.127. The number of hydrogen-bond acceptors (Lipinski definition) is 1. The number of hydrogen-bond donors (Lipinski definition) is 1. The first kappa shape index (κ1) is 8.96. The largest absolute Gasteiger partial charge is 0.393 e. The highest BCUT2D eigenvalue weighted by molar-refractivity contribution is 4.68. The first-order valence-corrected chi connectivity index (χ1v) is 3.66. The Kier molecular flexibility index (Phi) is 3.20. The number of aliphatic hydroxyl groups excluding tert-OH is 1. The van der Waals surface area contributed by atoms with Crippen LogP contribution in [0.5, 0.6) is 0 Å². The van der Waals surface area contributed by atoms with Crippen LogP contribution < -0.4 is 0 Å². The Morgan fingerprint density at radius 2 is 1.89 bits per heavy atom. The van der Waals surface area contributed by atoms with Gasteiger partial charge in [0.25, 0.3) is 0 Å². The fraction of sp³-hybridized carbons (Fsp3) is 1.00. The molecular weight excluding hydrogens is 112 g/mol. The second kappa shape index (κ2) is 3.21. The smallest absolute Gasteiger partial charge is 0.0517 e. The maximum Gasteiger partial charge on any atom is 0.0517 e. The molecule has 1 nitrogen and oxygen atoms in total. The van der Waals surface area contributed by atoms with Crippen molar-refractivity contribution in [3.8, 4) is 0 Å². The maximum absolute atomic E-state index is 9.02. The monoisotopic (exact) mass is 130 g/mol. The number of aliphatic hydroxyl groups is 1. The molecule has 9 heavy (non-hydrogen) atoms. The van der Waals surface area contributed by atoms with Gasteiger partial charge in [-0.1, -0.05) is 27.2 Å². The summed E-state index contributed by atoms with van der Waals surface area (Å²) in [5.41, 5.74) is 0.314. The van der Waals surface area contributed by atoms with Gasteiger partial charge in [0.15, 0.2) is 0 Å². The topological polar surface area (TPSA) is 20.2 Å². The van der Waals surface area contributed by atoms with Gasteiger partial charge in [-0.2, -0.15) is 0 Å². The molecule has 1 N–H and O–H groups in total. The zero-order valence-electron chi connectivity index (χ0n) is 6.94. The third-order valence-corrected chi connectivity index (χ3v) is 1.81. The molecule has 0 aliphatic rings. The molecule has 0 bridgehead atoms. The van der Waals surface area contributed by atoms with Crippen LogP contribution in [0.3, 0.4) is 0 Å². The van der Waals surface area contributed by atoms with Gasteiger partial charge in [0.1, 0.15) is 0 Å². The van der Waals surface area contributed by atoms with Crippen molar-refractivity contribution < 1.29 is 5.11 Å². The molecule has 0 aliphatic carbocycles. The van der Waals surface area contributed by atoms with Crippen LogP contribution >= 0.6 is 0 Å². The zero-order chi connectivity index (χ0) is 7.49. The van der Waals surface area contributed by atoms with Gasteiger partial charge >= 0.3 is 0 Å². The van der Waals surface area contributed by atoms with Crippen LogP contribution in [0.1, 0.15) is 40.5 Å². The van der Waals surface area contributed by atoms with Crippen LogP contribution in [-0.4, -0.2) is 11.2 Å². The lowest BCUT2D eigenvalue weighted by Crippen LogP contribution is -2.16. The van der Waals surface area contributed by atoms with E-state index < -0.39 is 0 Å². The van der Waals surface area contributed by atoms with Crippen molar-refractivity contribution in [2.24, 2.45) is 5.41 Å². The number of rotatable bonds is 3. The van der Waals surface area contributed by atoms with E-state index in [0.29, 0.717) is 5.41 Å². The second-order valence-corrected chi connectivity index (χ2v) is 3.57. The van der Waals surface area contributed by atoms with E-state index in [1.807, 2.05) is 6.92 Å². The Morgan fingerprint density at radius 1 is 1.44 bits per heavy atom. The van der Waals surface area contributed by atoms with Crippen LogP contribution in [0.25, 0.3) is 0 Å². The summed E-state index contributed by atoms with van der Waals surface area (Å²) in [5, 5.41) is 9.02. The molecule has 0 radical (unpaired) electrons. The fourth-order valence-corrected chi connectivity index (χ4v) is 0.944. The van der Waals surface area contributed by atoms with E-state index >= 15 is 0 Å². The average molecular weight is 130 g/mol. The Labute approximate surface area is 58.1 Å².